The lowest BCUT2D eigenvalue weighted by Crippen LogP contribution is -2.45. The number of nitrogens with one attached hydrogen (secondary N) is 1. The summed E-state index contributed by atoms with van der Waals surface area (Å²) in [6, 6.07) is 14.5. The lowest BCUT2D eigenvalue weighted by atomic mass is 9.97. The Labute approximate surface area is 204 Å². The highest BCUT2D eigenvalue weighted by molar-refractivity contribution is 7.17. The molecule has 0 saturated heterocycles. The third kappa shape index (κ3) is 3.55. The van der Waals surface area contributed by atoms with Crippen molar-refractivity contribution in [3.05, 3.63) is 80.9 Å². The van der Waals surface area contributed by atoms with Gasteiger partial charge in [0.05, 0.1) is 28.0 Å². The van der Waals surface area contributed by atoms with Crippen LogP contribution in [0.3, 0.4) is 0 Å². The maximum atomic E-state index is 13.4. The Morgan fingerprint density at radius 3 is 2.44 bits per heavy atom. The second-order valence-electron chi connectivity index (χ2n) is 8.25. The molecule has 2 aromatic carbocycles. The lowest BCUT2D eigenvalue weighted by Gasteiger charge is -2.14. The average Bonchev–Trinajstić information content (AvgIpc) is 3.32. The summed E-state index contributed by atoms with van der Waals surface area (Å²) < 4.78 is 0. The first-order valence-corrected chi connectivity index (χ1v) is 11.8. The van der Waals surface area contributed by atoms with Crippen molar-refractivity contribution in [1.82, 2.24) is 20.4 Å². The van der Waals surface area contributed by atoms with E-state index in [2.05, 4.69) is 15.4 Å². The molecular weight excluding hydrogens is 472 g/mol. The van der Waals surface area contributed by atoms with Crippen molar-refractivity contribution in [2.24, 2.45) is 0 Å². The summed E-state index contributed by atoms with van der Waals surface area (Å²) in [7, 11) is 0. The summed E-state index contributed by atoms with van der Waals surface area (Å²) in [6.07, 6.45) is 0. The van der Waals surface area contributed by atoms with Crippen molar-refractivity contribution in [2.75, 3.05) is 0 Å². The van der Waals surface area contributed by atoms with Gasteiger partial charge < -0.3 is 0 Å². The molecule has 9 heteroatoms. The van der Waals surface area contributed by atoms with Crippen molar-refractivity contribution in [3.63, 3.8) is 0 Å². The highest BCUT2D eigenvalue weighted by Gasteiger charge is 2.42. The molecule has 0 unspecified atom stereocenters. The minimum absolute atomic E-state index is 0.113. The maximum Gasteiger partial charge on any atom is 0.282 e. The van der Waals surface area contributed by atoms with Crippen molar-refractivity contribution in [2.45, 2.75) is 26.7 Å². The zero-order chi connectivity index (χ0) is 24.1. The first-order chi connectivity index (χ1) is 16.3. The van der Waals surface area contributed by atoms with E-state index in [9.17, 15) is 14.4 Å². The van der Waals surface area contributed by atoms with E-state index in [1.165, 1.54) is 11.3 Å². The van der Waals surface area contributed by atoms with Crippen molar-refractivity contribution in [1.29, 1.82) is 0 Å². The summed E-state index contributed by atoms with van der Waals surface area (Å²) in [5, 5.41) is 2.34. The molecule has 0 saturated carbocycles. The lowest BCUT2D eigenvalue weighted by molar-refractivity contribution is 0.0519. The number of aryl methyl sites for hydroxylation is 1. The SMILES string of the molecule is Cc1nc(-c2ccccc2)sc1C(=O)NN1C(=O)c2c(C(C)C)nc3ccc(Cl)cc3c2C1=O. The van der Waals surface area contributed by atoms with Gasteiger partial charge in [0.1, 0.15) is 9.88 Å². The number of rotatable bonds is 4. The van der Waals surface area contributed by atoms with Crippen LogP contribution in [-0.2, 0) is 0 Å². The molecule has 1 aliphatic heterocycles. The number of hydrogen-bond acceptors (Lipinski definition) is 6. The summed E-state index contributed by atoms with van der Waals surface area (Å²) in [5.41, 5.74) is 5.35. The monoisotopic (exact) mass is 490 g/mol. The Morgan fingerprint density at radius 2 is 1.74 bits per heavy atom. The number of imide groups is 1. The molecule has 0 radical (unpaired) electrons. The van der Waals surface area contributed by atoms with Gasteiger partial charge in [0.15, 0.2) is 0 Å². The standard InChI is InChI=1S/C25H19ClN4O3S/c1-12(2)20-19-18(16-11-15(26)9-10-17(16)28-20)24(32)30(25(19)33)29-22(31)21-13(3)27-23(34-21)14-7-5-4-6-8-14/h4-12H,1-3H3,(H,29,31). The van der Waals surface area contributed by atoms with Crippen LogP contribution in [0.5, 0.6) is 0 Å². The number of carbonyl (C=O) groups is 3. The van der Waals surface area contributed by atoms with Gasteiger partial charge in [-0.05, 0) is 31.0 Å². The van der Waals surface area contributed by atoms with Crippen LogP contribution in [0.1, 0.15) is 61.5 Å². The minimum Gasteiger partial charge on any atom is -0.267 e. The predicted molar refractivity (Wildman–Crippen MR) is 131 cm³/mol. The van der Waals surface area contributed by atoms with Gasteiger partial charge in [-0.3, -0.25) is 24.8 Å². The summed E-state index contributed by atoms with van der Waals surface area (Å²) >= 11 is 7.37. The molecule has 3 heterocycles. The van der Waals surface area contributed by atoms with E-state index in [-0.39, 0.29) is 17.0 Å². The molecule has 4 aromatic rings. The van der Waals surface area contributed by atoms with Gasteiger partial charge in [-0.25, -0.2) is 4.98 Å². The molecule has 7 nitrogen and oxygen atoms in total. The van der Waals surface area contributed by atoms with Gasteiger partial charge in [-0.15, -0.1) is 11.3 Å². The van der Waals surface area contributed by atoms with Gasteiger partial charge in [0, 0.05) is 16.0 Å². The molecule has 0 bridgehead atoms. The zero-order valence-corrected chi connectivity index (χ0v) is 20.1. The molecule has 1 aliphatic rings. The second-order valence-corrected chi connectivity index (χ2v) is 9.68. The molecule has 0 spiro atoms. The first-order valence-electron chi connectivity index (χ1n) is 10.6. The number of pyridine rings is 1. The molecule has 1 N–H and O–H groups in total. The fraction of sp³-hybridized carbons (Fsp3) is 0.160. The fourth-order valence-electron chi connectivity index (χ4n) is 3.99. The molecule has 3 amide bonds. The highest BCUT2D eigenvalue weighted by Crippen LogP contribution is 2.35. The van der Waals surface area contributed by atoms with E-state index in [1.807, 2.05) is 44.2 Å². The normalized spacial score (nSPS) is 13.1. The third-order valence-electron chi connectivity index (χ3n) is 5.59. The molecule has 34 heavy (non-hydrogen) atoms. The number of benzene rings is 2. The number of nitrogens with zero attached hydrogens (tertiary/aromatic N) is 3. The Balaban J connectivity index is 1.53. The molecule has 0 aliphatic carbocycles. The minimum atomic E-state index is -0.615. The topological polar surface area (TPSA) is 92.3 Å². The van der Waals surface area contributed by atoms with E-state index < -0.39 is 17.7 Å². The molecule has 0 fully saturated rings. The second kappa shape index (κ2) is 8.30. The van der Waals surface area contributed by atoms with Crippen LogP contribution >= 0.6 is 22.9 Å². The Kier molecular flexibility index (Phi) is 5.42. The van der Waals surface area contributed by atoms with Crippen molar-refractivity contribution in [3.8, 4) is 10.6 Å². The average molecular weight is 491 g/mol. The van der Waals surface area contributed by atoms with E-state index in [4.69, 9.17) is 11.6 Å². The number of thiazole rings is 1. The first kappa shape index (κ1) is 22.2. The van der Waals surface area contributed by atoms with Crippen LogP contribution in [0.25, 0.3) is 21.5 Å². The van der Waals surface area contributed by atoms with E-state index in [1.54, 1.807) is 25.1 Å². The summed E-state index contributed by atoms with van der Waals surface area (Å²) in [4.78, 5) is 49.3. The van der Waals surface area contributed by atoms with Crippen molar-refractivity contribution >= 4 is 51.6 Å². The zero-order valence-electron chi connectivity index (χ0n) is 18.5. The Bertz CT molecular complexity index is 1500. The van der Waals surface area contributed by atoms with E-state index in [0.29, 0.717) is 37.2 Å². The van der Waals surface area contributed by atoms with E-state index in [0.717, 1.165) is 10.6 Å². The van der Waals surface area contributed by atoms with Crippen LogP contribution in [-0.4, -0.2) is 32.7 Å². The van der Waals surface area contributed by atoms with Gasteiger partial charge in [0.2, 0.25) is 0 Å². The molecule has 170 valence electrons. The number of amides is 3. The molecule has 5 rings (SSSR count). The largest absolute Gasteiger partial charge is 0.282 e. The molecule has 0 atom stereocenters. The van der Waals surface area contributed by atoms with Gasteiger partial charge >= 0.3 is 0 Å². The van der Waals surface area contributed by atoms with Gasteiger partial charge in [0.25, 0.3) is 17.7 Å². The number of fused-ring (bicyclic) bond motifs is 3. The van der Waals surface area contributed by atoms with Crippen molar-refractivity contribution < 1.29 is 14.4 Å². The van der Waals surface area contributed by atoms with Crippen LogP contribution in [0, 0.1) is 6.92 Å². The quantitative estimate of drug-likeness (QED) is 0.387. The third-order valence-corrected chi connectivity index (χ3v) is 7.03. The highest BCUT2D eigenvalue weighted by atomic mass is 35.5. The molecular formula is C25H19ClN4O3S. The van der Waals surface area contributed by atoms with Crippen LogP contribution < -0.4 is 5.43 Å². The number of hydrogen-bond donors (Lipinski definition) is 1. The summed E-state index contributed by atoms with van der Waals surface area (Å²) in [5.74, 6) is -1.92. The number of hydrazine groups is 1. The van der Waals surface area contributed by atoms with Gasteiger partial charge in [-0.1, -0.05) is 55.8 Å². The predicted octanol–water partition coefficient (Wildman–Crippen LogP) is 5.38. The maximum absolute atomic E-state index is 13.4. The Morgan fingerprint density at radius 1 is 1.03 bits per heavy atom. The Hall–Kier alpha value is -3.62. The fourth-order valence-corrected chi connectivity index (χ4v) is 5.13. The van der Waals surface area contributed by atoms with Crippen LogP contribution in [0.15, 0.2) is 48.5 Å². The summed E-state index contributed by atoms with van der Waals surface area (Å²) in [6.45, 7) is 5.51. The van der Waals surface area contributed by atoms with Crippen LogP contribution in [0.2, 0.25) is 5.02 Å². The number of halogens is 1. The molecule has 2 aromatic heterocycles. The smallest absolute Gasteiger partial charge is 0.267 e. The van der Waals surface area contributed by atoms with E-state index >= 15 is 0 Å². The number of carbonyl (C=O) groups excluding carboxylic acids is 3. The van der Waals surface area contributed by atoms with Gasteiger partial charge in [-0.2, -0.15) is 5.01 Å². The number of aromatic nitrogens is 2. The van der Waals surface area contributed by atoms with Crippen LogP contribution in [0.4, 0.5) is 0 Å².